The van der Waals surface area contributed by atoms with Gasteiger partial charge in [0, 0.05) is 0 Å². The van der Waals surface area contributed by atoms with Gasteiger partial charge in [0.25, 0.3) is 0 Å². The summed E-state index contributed by atoms with van der Waals surface area (Å²) >= 11 is 1.69. The van der Waals surface area contributed by atoms with E-state index in [2.05, 4.69) is 37.6 Å². The van der Waals surface area contributed by atoms with Gasteiger partial charge in [-0.25, -0.2) is 0 Å². The zero-order valence-corrected chi connectivity index (χ0v) is 14.6. The highest BCUT2D eigenvalue weighted by molar-refractivity contribution is 7.07. The van der Waals surface area contributed by atoms with Crippen molar-refractivity contribution >= 4 is 11.3 Å². The van der Waals surface area contributed by atoms with Crippen molar-refractivity contribution in [3.05, 3.63) is 22.4 Å². The third kappa shape index (κ3) is 3.39. The number of hydrogen-bond acceptors (Lipinski definition) is 5. The maximum absolute atomic E-state index is 6.19. The van der Waals surface area contributed by atoms with Gasteiger partial charge in [0.05, 0.1) is 12.7 Å². The van der Waals surface area contributed by atoms with Crippen molar-refractivity contribution < 1.29 is 18.9 Å². The maximum Gasteiger partial charge on any atom is 0.190 e. The molecule has 0 spiro atoms. The van der Waals surface area contributed by atoms with E-state index in [4.69, 9.17) is 18.9 Å². The van der Waals surface area contributed by atoms with Crippen molar-refractivity contribution in [1.29, 1.82) is 0 Å². The van der Waals surface area contributed by atoms with Crippen LogP contribution in [0.15, 0.2) is 16.8 Å². The van der Waals surface area contributed by atoms with Crippen LogP contribution in [0.1, 0.15) is 46.1 Å². The topological polar surface area (TPSA) is 36.9 Å². The van der Waals surface area contributed by atoms with E-state index in [-0.39, 0.29) is 24.6 Å². The highest BCUT2D eigenvalue weighted by Gasteiger charge is 2.56. The molecule has 124 valence electrons. The largest absolute Gasteiger partial charge is 0.368 e. The Morgan fingerprint density at radius 3 is 2.82 bits per heavy atom. The lowest BCUT2D eigenvalue weighted by Gasteiger charge is -2.28. The molecule has 5 heteroatoms. The molecule has 2 aliphatic rings. The van der Waals surface area contributed by atoms with Crippen LogP contribution in [0.2, 0.25) is 0 Å². The molecule has 4 nitrogen and oxygen atoms in total. The molecule has 3 rings (SSSR count). The van der Waals surface area contributed by atoms with Crippen LogP contribution in [0.4, 0.5) is 0 Å². The van der Waals surface area contributed by atoms with Crippen molar-refractivity contribution in [2.45, 2.75) is 77.5 Å². The second-order valence-corrected chi connectivity index (χ2v) is 7.55. The quantitative estimate of drug-likeness (QED) is 0.793. The monoisotopic (exact) mass is 326 g/mol. The Bertz CT molecular complexity index is 475. The average Bonchev–Trinajstić information content (AvgIpc) is 3.13. The lowest BCUT2D eigenvalue weighted by molar-refractivity contribution is -0.230. The number of rotatable bonds is 6. The summed E-state index contributed by atoms with van der Waals surface area (Å²) in [4.78, 5) is 0. The Labute approximate surface area is 136 Å². The lowest BCUT2D eigenvalue weighted by atomic mass is 10.0. The van der Waals surface area contributed by atoms with Gasteiger partial charge in [-0.15, -0.1) is 0 Å². The van der Waals surface area contributed by atoms with Crippen LogP contribution in [-0.4, -0.2) is 30.4 Å². The third-order valence-corrected chi connectivity index (χ3v) is 5.12. The third-order valence-electron chi connectivity index (χ3n) is 4.39. The second kappa shape index (κ2) is 6.57. The Hall–Kier alpha value is -0.460. The summed E-state index contributed by atoms with van der Waals surface area (Å²) in [6.45, 7) is 9.04. The standard InChI is InChI=1S/C17H26O4S/c1-5-17(4)20-15-14(18-9-12-6-7-22-10-12)13(8-11(2)3)19-16(15)21-17/h6-7,10-11,13-16H,5,8-9H2,1-4H3/t13-,14+,15-,16-,17?/m1/s1. The van der Waals surface area contributed by atoms with Crippen LogP contribution >= 0.6 is 11.3 Å². The van der Waals surface area contributed by atoms with E-state index >= 15 is 0 Å². The molecule has 2 fully saturated rings. The zero-order valence-electron chi connectivity index (χ0n) is 13.8. The number of hydrogen-bond donors (Lipinski definition) is 0. The second-order valence-electron chi connectivity index (χ2n) is 6.77. The molecule has 0 aliphatic carbocycles. The van der Waals surface area contributed by atoms with Gasteiger partial charge in [-0.2, -0.15) is 11.3 Å². The molecule has 5 atom stereocenters. The molecule has 2 aliphatic heterocycles. The van der Waals surface area contributed by atoms with Crippen LogP contribution in [0.25, 0.3) is 0 Å². The van der Waals surface area contributed by atoms with E-state index in [0.29, 0.717) is 12.5 Å². The molecule has 0 radical (unpaired) electrons. The fourth-order valence-corrected chi connectivity index (χ4v) is 3.72. The summed E-state index contributed by atoms with van der Waals surface area (Å²) in [6.07, 6.45) is 1.29. The molecule has 2 saturated heterocycles. The summed E-state index contributed by atoms with van der Waals surface area (Å²) in [5, 5.41) is 4.19. The zero-order chi connectivity index (χ0) is 15.7. The summed E-state index contributed by atoms with van der Waals surface area (Å²) < 4.78 is 24.4. The number of thiophene rings is 1. The Balaban J connectivity index is 1.69. The minimum absolute atomic E-state index is 0.0371. The smallest absolute Gasteiger partial charge is 0.190 e. The SMILES string of the molecule is CCC1(C)O[C@H]2O[C@H](CC(C)C)[C@H](OCc3ccsc3)[C@H]2O1. The highest BCUT2D eigenvalue weighted by Crippen LogP contribution is 2.42. The first-order chi connectivity index (χ1) is 10.5. The molecule has 0 saturated carbocycles. The first-order valence-electron chi connectivity index (χ1n) is 8.14. The lowest BCUT2D eigenvalue weighted by Crippen LogP contribution is -2.38. The minimum atomic E-state index is -0.553. The predicted molar refractivity (Wildman–Crippen MR) is 85.7 cm³/mol. The first-order valence-corrected chi connectivity index (χ1v) is 9.09. The molecule has 1 aromatic heterocycles. The normalized spacial score (nSPS) is 37.9. The van der Waals surface area contributed by atoms with Gasteiger partial charge in [-0.05, 0) is 48.1 Å². The van der Waals surface area contributed by atoms with Crippen LogP contribution in [0, 0.1) is 5.92 Å². The van der Waals surface area contributed by atoms with Gasteiger partial charge in [0.2, 0.25) is 0 Å². The summed E-state index contributed by atoms with van der Waals surface area (Å²) in [6, 6.07) is 2.09. The van der Waals surface area contributed by atoms with E-state index in [1.807, 2.05) is 6.92 Å². The van der Waals surface area contributed by atoms with Gasteiger partial charge >= 0.3 is 0 Å². The van der Waals surface area contributed by atoms with Crippen LogP contribution in [0.5, 0.6) is 0 Å². The van der Waals surface area contributed by atoms with Gasteiger partial charge in [0.1, 0.15) is 12.2 Å². The van der Waals surface area contributed by atoms with Crippen LogP contribution in [0.3, 0.4) is 0 Å². The van der Waals surface area contributed by atoms with Crippen LogP contribution in [-0.2, 0) is 25.6 Å². The molecule has 22 heavy (non-hydrogen) atoms. The Morgan fingerprint density at radius 1 is 1.36 bits per heavy atom. The molecule has 1 unspecified atom stereocenters. The molecule has 0 aromatic carbocycles. The van der Waals surface area contributed by atoms with E-state index in [1.54, 1.807) is 11.3 Å². The molecule has 0 amide bonds. The van der Waals surface area contributed by atoms with Gasteiger partial charge in [-0.1, -0.05) is 20.8 Å². The summed E-state index contributed by atoms with van der Waals surface area (Å²) in [5.41, 5.74) is 1.20. The fourth-order valence-electron chi connectivity index (χ4n) is 3.06. The maximum atomic E-state index is 6.19. The van der Waals surface area contributed by atoms with E-state index < -0.39 is 5.79 Å². The molecule has 0 bridgehead atoms. The molecule has 0 N–H and O–H groups in total. The molecular formula is C17H26O4S. The predicted octanol–water partition coefficient (Wildman–Crippen LogP) is 3.95. The van der Waals surface area contributed by atoms with Crippen molar-refractivity contribution in [3.63, 3.8) is 0 Å². The molecule has 3 heterocycles. The van der Waals surface area contributed by atoms with Crippen molar-refractivity contribution in [3.8, 4) is 0 Å². The average molecular weight is 326 g/mol. The van der Waals surface area contributed by atoms with E-state index in [0.717, 1.165) is 12.8 Å². The highest BCUT2D eigenvalue weighted by atomic mass is 32.1. The van der Waals surface area contributed by atoms with Gasteiger partial charge in [0.15, 0.2) is 12.1 Å². The Morgan fingerprint density at radius 2 is 2.18 bits per heavy atom. The number of ether oxygens (including phenoxy) is 4. The van der Waals surface area contributed by atoms with E-state index in [1.165, 1.54) is 5.56 Å². The van der Waals surface area contributed by atoms with Gasteiger partial charge in [-0.3, -0.25) is 0 Å². The first kappa shape index (κ1) is 16.4. The van der Waals surface area contributed by atoms with Crippen molar-refractivity contribution in [1.82, 2.24) is 0 Å². The number of fused-ring (bicyclic) bond motifs is 1. The molecule has 1 aromatic rings. The Kier molecular flexibility index (Phi) is 4.90. The molecular weight excluding hydrogens is 300 g/mol. The van der Waals surface area contributed by atoms with E-state index in [9.17, 15) is 0 Å². The summed E-state index contributed by atoms with van der Waals surface area (Å²) in [7, 11) is 0. The minimum Gasteiger partial charge on any atom is -0.368 e. The van der Waals surface area contributed by atoms with Crippen molar-refractivity contribution in [2.75, 3.05) is 0 Å². The van der Waals surface area contributed by atoms with Crippen molar-refractivity contribution in [2.24, 2.45) is 5.92 Å². The summed E-state index contributed by atoms with van der Waals surface area (Å²) in [5.74, 6) is -0.00379. The van der Waals surface area contributed by atoms with Crippen LogP contribution < -0.4 is 0 Å². The van der Waals surface area contributed by atoms with Gasteiger partial charge < -0.3 is 18.9 Å². The fraction of sp³-hybridized carbons (Fsp3) is 0.765.